The molecule has 2 saturated heterocycles. The standard InChI is InChI=1S/C39H36N10O3/c1-46-19-27(29-17-31-37(44-29)42-9-7-40-31)25-15-23(3-5-33(25)46)35-21-51-13-11-48(35)39(50)49-12-14-52-22-36(49)24-4-6-34-26(16-24)28(20-47(34)2)30-18-32-38(45-30)43-10-8-41-32/h3-10,15-20,35-36H,11-14,21-22H2,1-2H3,(H,42,44)(H,43,45). The molecule has 8 aromatic rings. The summed E-state index contributed by atoms with van der Waals surface area (Å²) >= 11 is 0. The Morgan fingerprint density at radius 2 is 1.12 bits per heavy atom. The van der Waals surface area contributed by atoms with E-state index in [1.807, 2.05) is 36.0 Å². The first-order chi connectivity index (χ1) is 25.5. The molecule has 2 amide bonds. The molecule has 2 unspecified atom stereocenters. The fourth-order valence-corrected chi connectivity index (χ4v) is 8.04. The van der Waals surface area contributed by atoms with E-state index in [1.54, 1.807) is 24.8 Å². The van der Waals surface area contributed by atoms with E-state index in [1.165, 1.54) is 0 Å². The summed E-state index contributed by atoms with van der Waals surface area (Å²) < 4.78 is 16.3. The van der Waals surface area contributed by atoms with E-state index in [4.69, 9.17) is 9.47 Å². The molecule has 0 bridgehead atoms. The molecule has 0 radical (unpaired) electrons. The summed E-state index contributed by atoms with van der Waals surface area (Å²) in [5.74, 6) is 0. The molecule has 2 aromatic carbocycles. The zero-order valence-electron chi connectivity index (χ0n) is 28.8. The van der Waals surface area contributed by atoms with Gasteiger partial charge in [-0.25, -0.2) is 14.8 Å². The Labute approximate surface area is 297 Å². The van der Waals surface area contributed by atoms with Crippen molar-refractivity contribution in [2.45, 2.75) is 12.1 Å². The molecule has 8 heterocycles. The van der Waals surface area contributed by atoms with E-state index in [0.29, 0.717) is 39.5 Å². The van der Waals surface area contributed by atoms with Crippen LogP contribution in [0, 0.1) is 0 Å². The van der Waals surface area contributed by atoms with E-state index in [9.17, 15) is 4.79 Å². The van der Waals surface area contributed by atoms with E-state index in [2.05, 4.69) is 87.8 Å². The molecule has 10 rings (SSSR count). The van der Waals surface area contributed by atoms with Crippen molar-refractivity contribution < 1.29 is 14.3 Å². The SMILES string of the molecule is Cn1cc(-c2cc3nccnc3[nH]2)c2cc(C3COCCN3C(=O)N3CCOCC3c3ccc4c(c3)c(-c3cc5nccnc5[nH]3)cn4C)ccc21. The van der Waals surface area contributed by atoms with E-state index in [-0.39, 0.29) is 18.1 Å². The average molecular weight is 693 g/mol. The van der Waals surface area contributed by atoms with Crippen LogP contribution < -0.4 is 0 Å². The van der Waals surface area contributed by atoms with Gasteiger partial charge in [-0.1, -0.05) is 12.1 Å². The minimum absolute atomic E-state index is 0.0103. The number of nitrogens with one attached hydrogen (secondary N) is 2. The number of hydrogen-bond acceptors (Lipinski definition) is 7. The second kappa shape index (κ2) is 12.0. The first-order valence-electron chi connectivity index (χ1n) is 17.5. The van der Waals surface area contributed by atoms with Gasteiger partial charge in [0.15, 0.2) is 11.3 Å². The topological polar surface area (TPSA) is 135 Å². The molecule has 260 valence electrons. The quantitative estimate of drug-likeness (QED) is 0.227. The Balaban J connectivity index is 0.989. The predicted octanol–water partition coefficient (Wildman–Crippen LogP) is 6.11. The van der Waals surface area contributed by atoms with Gasteiger partial charge in [0.25, 0.3) is 0 Å². The number of urea groups is 1. The van der Waals surface area contributed by atoms with Crippen molar-refractivity contribution in [1.82, 2.24) is 48.8 Å². The van der Waals surface area contributed by atoms with Gasteiger partial charge in [-0.3, -0.25) is 9.97 Å². The third-order valence-electron chi connectivity index (χ3n) is 10.6. The highest BCUT2D eigenvalue weighted by molar-refractivity contribution is 5.99. The molecule has 0 aliphatic carbocycles. The van der Waals surface area contributed by atoms with Crippen LogP contribution in [-0.4, -0.2) is 94.4 Å². The molecule has 6 aromatic heterocycles. The zero-order valence-corrected chi connectivity index (χ0v) is 28.8. The van der Waals surface area contributed by atoms with Gasteiger partial charge in [0, 0.05) is 97.3 Å². The number of fused-ring (bicyclic) bond motifs is 4. The molecular weight excluding hydrogens is 656 g/mol. The third kappa shape index (κ3) is 4.95. The van der Waals surface area contributed by atoms with Crippen LogP contribution in [0.15, 0.2) is 85.7 Å². The fraction of sp³-hybridized carbons (Fsp3) is 0.256. The molecule has 52 heavy (non-hydrogen) atoms. The molecule has 2 fully saturated rings. The fourth-order valence-electron chi connectivity index (χ4n) is 8.04. The lowest BCUT2D eigenvalue weighted by Crippen LogP contribution is -2.53. The van der Waals surface area contributed by atoms with Crippen LogP contribution in [0.4, 0.5) is 4.79 Å². The van der Waals surface area contributed by atoms with Gasteiger partial charge in [0.05, 0.1) is 49.9 Å². The van der Waals surface area contributed by atoms with Crippen LogP contribution in [0.5, 0.6) is 0 Å². The van der Waals surface area contributed by atoms with Gasteiger partial charge in [-0.15, -0.1) is 0 Å². The number of ether oxygens (including phenoxy) is 2. The van der Waals surface area contributed by atoms with Crippen molar-refractivity contribution in [3.8, 4) is 22.5 Å². The van der Waals surface area contributed by atoms with Gasteiger partial charge >= 0.3 is 6.03 Å². The summed E-state index contributed by atoms with van der Waals surface area (Å²) in [6.45, 7) is 2.80. The second-order valence-corrected chi connectivity index (χ2v) is 13.7. The van der Waals surface area contributed by atoms with Gasteiger partial charge < -0.3 is 38.4 Å². The third-order valence-corrected chi connectivity index (χ3v) is 10.6. The highest BCUT2D eigenvalue weighted by Gasteiger charge is 2.37. The van der Waals surface area contributed by atoms with Crippen molar-refractivity contribution in [3.05, 3.63) is 96.8 Å². The molecule has 0 spiro atoms. The van der Waals surface area contributed by atoms with Crippen LogP contribution in [0.3, 0.4) is 0 Å². The Bertz CT molecular complexity index is 2410. The lowest BCUT2D eigenvalue weighted by molar-refractivity contribution is -0.0261. The number of rotatable bonds is 4. The number of carbonyl (C=O) groups excluding carboxylic acids is 1. The second-order valence-electron chi connectivity index (χ2n) is 13.7. The zero-order chi connectivity index (χ0) is 34.9. The van der Waals surface area contributed by atoms with Crippen molar-refractivity contribution >= 4 is 50.2 Å². The van der Waals surface area contributed by atoms with E-state index in [0.717, 1.165) is 77.8 Å². The average Bonchev–Trinajstić information content (AvgIpc) is 3.97. The summed E-state index contributed by atoms with van der Waals surface area (Å²) in [6, 6.07) is 16.5. The maximum absolute atomic E-state index is 14.7. The number of hydrogen-bond donors (Lipinski definition) is 2. The van der Waals surface area contributed by atoms with Crippen molar-refractivity contribution in [1.29, 1.82) is 0 Å². The van der Waals surface area contributed by atoms with Crippen LogP contribution in [0.2, 0.25) is 0 Å². The highest BCUT2D eigenvalue weighted by atomic mass is 16.5. The number of nitrogens with zero attached hydrogens (tertiary/aromatic N) is 8. The first kappa shape index (κ1) is 30.7. The van der Waals surface area contributed by atoms with Crippen molar-refractivity contribution in [2.75, 3.05) is 39.5 Å². The summed E-state index contributed by atoms with van der Waals surface area (Å²) in [6.07, 6.45) is 11.0. The van der Waals surface area contributed by atoms with E-state index >= 15 is 0 Å². The van der Waals surface area contributed by atoms with Gasteiger partial charge in [-0.2, -0.15) is 0 Å². The molecule has 2 aliphatic rings. The molecule has 13 nitrogen and oxygen atoms in total. The molecular formula is C39H36N10O3. The molecule has 2 aliphatic heterocycles. The predicted molar refractivity (Wildman–Crippen MR) is 198 cm³/mol. The number of morpholine rings is 2. The maximum Gasteiger partial charge on any atom is 0.321 e. The summed E-state index contributed by atoms with van der Waals surface area (Å²) in [4.78, 5) is 43.4. The largest absolute Gasteiger partial charge is 0.377 e. The molecule has 2 atom stereocenters. The number of H-pyrrole nitrogens is 2. The minimum atomic E-state index is -0.249. The Hall–Kier alpha value is -6.05. The minimum Gasteiger partial charge on any atom is -0.377 e. The summed E-state index contributed by atoms with van der Waals surface area (Å²) in [5.41, 5.74) is 11.4. The van der Waals surface area contributed by atoms with Crippen LogP contribution in [-0.2, 0) is 23.6 Å². The maximum atomic E-state index is 14.7. The number of aromatic nitrogens is 8. The normalized spacial score (nSPS) is 18.3. The monoisotopic (exact) mass is 692 g/mol. The highest BCUT2D eigenvalue weighted by Crippen LogP contribution is 2.38. The summed E-state index contributed by atoms with van der Waals surface area (Å²) in [5, 5.41) is 2.17. The smallest absolute Gasteiger partial charge is 0.321 e. The first-order valence-corrected chi connectivity index (χ1v) is 17.5. The number of amides is 2. The van der Waals surface area contributed by atoms with Crippen LogP contribution in [0.1, 0.15) is 23.2 Å². The Morgan fingerprint density at radius 3 is 1.58 bits per heavy atom. The number of carbonyl (C=O) groups is 1. The van der Waals surface area contributed by atoms with Crippen LogP contribution >= 0.6 is 0 Å². The van der Waals surface area contributed by atoms with Gasteiger partial charge in [-0.05, 0) is 47.5 Å². The number of aromatic amines is 2. The van der Waals surface area contributed by atoms with Gasteiger partial charge in [0.2, 0.25) is 0 Å². The van der Waals surface area contributed by atoms with Crippen molar-refractivity contribution in [3.63, 3.8) is 0 Å². The van der Waals surface area contributed by atoms with Crippen molar-refractivity contribution in [2.24, 2.45) is 14.1 Å². The number of aryl methyl sites for hydroxylation is 2. The van der Waals surface area contributed by atoms with Crippen LogP contribution in [0.25, 0.3) is 66.6 Å². The van der Waals surface area contributed by atoms with E-state index < -0.39 is 0 Å². The van der Waals surface area contributed by atoms with Gasteiger partial charge in [0.1, 0.15) is 11.0 Å². The number of benzene rings is 2. The lowest BCUT2D eigenvalue weighted by Gasteiger charge is -2.43. The summed E-state index contributed by atoms with van der Waals surface area (Å²) in [7, 11) is 4.10. The lowest BCUT2D eigenvalue weighted by atomic mass is 9.99. The Morgan fingerprint density at radius 1 is 0.654 bits per heavy atom. The molecule has 0 saturated carbocycles. The molecule has 2 N–H and O–H groups in total. The Kier molecular flexibility index (Phi) is 7.11. The molecule has 13 heteroatoms.